The molecule has 0 aliphatic carbocycles. The van der Waals surface area contributed by atoms with Gasteiger partial charge in [0.2, 0.25) is 5.91 Å². The van der Waals surface area contributed by atoms with E-state index in [1.54, 1.807) is 64.3 Å². The van der Waals surface area contributed by atoms with E-state index in [9.17, 15) is 14.9 Å². The SMILES string of the molecule is COc1ccccc1C1(N(C)[C@@H](C)C(=O)N(C)C)C(=O)Nc2ccc(C#N)cc21. The number of anilines is 1. The van der Waals surface area contributed by atoms with Crippen molar-refractivity contribution in [3.63, 3.8) is 0 Å². The third-order valence-corrected chi connectivity index (χ3v) is 5.52. The molecule has 2 aromatic rings. The Morgan fingerprint density at radius 3 is 2.48 bits per heavy atom. The number of fused-ring (bicyclic) bond motifs is 1. The lowest BCUT2D eigenvalue weighted by molar-refractivity contribution is -0.138. The molecule has 150 valence electrons. The molecule has 1 heterocycles. The Kier molecular flexibility index (Phi) is 5.31. The summed E-state index contributed by atoms with van der Waals surface area (Å²) in [5.74, 6) is 0.0849. The van der Waals surface area contributed by atoms with E-state index in [0.717, 1.165) is 0 Å². The number of carbonyl (C=O) groups is 2. The Morgan fingerprint density at radius 2 is 1.86 bits per heavy atom. The van der Waals surface area contributed by atoms with Crippen LogP contribution in [-0.2, 0) is 15.1 Å². The second-order valence-electron chi connectivity index (χ2n) is 7.26. The van der Waals surface area contributed by atoms with Gasteiger partial charge in [0.25, 0.3) is 5.91 Å². The molecular formula is C22H24N4O3. The Labute approximate surface area is 170 Å². The molecule has 0 aromatic heterocycles. The third-order valence-electron chi connectivity index (χ3n) is 5.52. The molecule has 2 atom stereocenters. The topological polar surface area (TPSA) is 85.7 Å². The fraction of sp³-hybridized carbons (Fsp3) is 0.318. The molecule has 0 bridgehead atoms. The molecule has 0 saturated carbocycles. The van der Waals surface area contributed by atoms with Crippen LogP contribution in [0.25, 0.3) is 0 Å². The molecule has 1 N–H and O–H groups in total. The normalized spacial score (nSPS) is 18.6. The van der Waals surface area contributed by atoms with Gasteiger partial charge in [-0.25, -0.2) is 0 Å². The Bertz CT molecular complexity index is 1010. The van der Waals surface area contributed by atoms with Crippen LogP contribution < -0.4 is 10.1 Å². The van der Waals surface area contributed by atoms with Gasteiger partial charge in [0.15, 0.2) is 5.54 Å². The van der Waals surface area contributed by atoms with Crippen LogP contribution in [0.4, 0.5) is 5.69 Å². The van der Waals surface area contributed by atoms with Crippen molar-refractivity contribution in [2.24, 2.45) is 0 Å². The van der Waals surface area contributed by atoms with Crippen LogP contribution in [0.5, 0.6) is 5.75 Å². The molecule has 3 rings (SSSR count). The minimum absolute atomic E-state index is 0.139. The zero-order chi connectivity index (χ0) is 21.3. The average molecular weight is 392 g/mol. The number of nitriles is 1. The fourth-order valence-corrected chi connectivity index (χ4v) is 3.94. The van der Waals surface area contributed by atoms with Gasteiger partial charge >= 0.3 is 0 Å². The summed E-state index contributed by atoms with van der Waals surface area (Å²) in [5.41, 5.74) is 0.928. The minimum atomic E-state index is -1.33. The van der Waals surface area contributed by atoms with Crippen LogP contribution in [0, 0.1) is 11.3 Å². The van der Waals surface area contributed by atoms with E-state index in [4.69, 9.17) is 4.74 Å². The molecule has 2 amide bonds. The van der Waals surface area contributed by atoms with Gasteiger partial charge in [-0.2, -0.15) is 5.26 Å². The monoisotopic (exact) mass is 392 g/mol. The largest absolute Gasteiger partial charge is 0.496 e. The number of methoxy groups -OCH3 is 1. The van der Waals surface area contributed by atoms with Crippen molar-refractivity contribution in [3.05, 3.63) is 59.2 Å². The third kappa shape index (κ3) is 3.02. The van der Waals surface area contributed by atoms with Gasteiger partial charge in [-0.05, 0) is 38.2 Å². The van der Waals surface area contributed by atoms with Gasteiger partial charge < -0.3 is 15.0 Å². The second kappa shape index (κ2) is 7.57. The van der Waals surface area contributed by atoms with Gasteiger partial charge in [-0.15, -0.1) is 0 Å². The number of para-hydroxylation sites is 1. The van der Waals surface area contributed by atoms with E-state index >= 15 is 0 Å². The molecule has 0 spiro atoms. The summed E-state index contributed by atoms with van der Waals surface area (Å²) in [6.07, 6.45) is 0. The van der Waals surface area contributed by atoms with E-state index in [1.165, 1.54) is 4.90 Å². The number of ether oxygens (including phenoxy) is 1. The zero-order valence-corrected chi connectivity index (χ0v) is 17.2. The molecule has 0 fully saturated rings. The summed E-state index contributed by atoms with van der Waals surface area (Å²) >= 11 is 0. The smallest absolute Gasteiger partial charge is 0.254 e. The Morgan fingerprint density at radius 1 is 1.17 bits per heavy atom. The van der Waals surface area contributed by atoms with Gasteiger partial charge in [0, 0.05) is 30.9 Å². The van der Waals surface area contributed by atoms with E-state index in [-0.39, 0.29) is 11.8 Å². The maximum atomic E-state index is 13.5. The van der Waals surface area contributed by atoms with Crippen LogP contribution in [0.15, 0.2) is 42.5 Å². The van der Waals surface area contributed by atoms with Gasteiger partial charge in [0.1, 0.15) is 5.75 Å². The number of hydrogen-bond donors (Lipinski definition) is 1. The number of benzene rings is 2. The summed E-state index contributed by atoms with van der Waals surface area (Å²) in [7, 11) is 6.64. The summed E-state index contributed by atoms with van der Waals surface area (Å²) in [4.78, 5) is 29.6. The highest BCUT2D eigenvalue weighted by atomic mass is 16.5. The van der Waals surface area contributed by atoms with Crippen LogP contribution >= 0.6 is 0 Å². The second-order valence-corrected chi connectivity index (χ2v) is 7.26. The zero-order valence-electron chi connectivity index (χ0n) is 17.2. The highest BCUT2D eigenvalue weighted by Gasteiger charge is 2.55. The Balaban J connectivity index is 2.35. The van der Waals surface area contributed by atoms with E-state index < -0.39 is 11.6 Å². The molecule has 7 heteroatoms. The maximum Gasteiger partial charge on any atom is 0.254 e. The van der Waals surface area contributed by atoms with Crippen LogP contribution in [-0.4, -0.2) is 55.9 Å². The maximum absolute atomic E-state index is 13.5. The molecule has 0 radical (unpaired) electrons. The van der Waals surface area contributed by atoms with E-state index in [1.807, 2.05) is 18.2 Å². The van der Waals surface area contributed by atoms with Crippen molar-refractivity contribution in [1.29, 1.82) is 5.26 Å². The lowest BCUT2D eigenvalue weighted by atomic mass is 9.80. The van der Waals surface area contributed by atoms with Crippen LogP contribution in [0.2, 0.25) is 0 Å². The molecule has 1 aliphatic rings. The predicted molar refractivity (Wildman–Crippen MR) is 109 cm³/mol. The number of hydrogen-bond acceptors (Lipinski definition) is 5. The number of carbonyl (C=O) groups excluding carboxylic acids is 2. The molecular weight excluding hydrogens is 368 g/mol. The van der Waals surface area contributed by atoms with Crippen molar-refractivity contribution in [2.75, 3.05) is 33.6 Å². The summed E-state index contributed by atoms with van der Waals surface area (Å²) in [6.45, 7) is 1.76. The van der Waals surface area contributed by atoms with Gasteiger partial charge in [-0.1, -0.05) is 18.2 Å². The highest BCUT2D eigenvalue weighted by Crippen LogP contribution is 2.48. The molecule has 1 unspecified atom stereocenters. The van der Waals surface area contributed by atoms with Crippen molar-refractivity contribution in [2.45, 2.75) is 18.5 Å². The van der Waals surface area contributed by atoms with Crippen molar-refractivity contribution in [3.8, 4) is 11.8 Å². The molecule has 2 aromatic carbocycles. The molecule has 29 heavy (non-hydrogen) atoms. The Hall–Kier alpha value is -3.37. The standard InChI is InChI=1S/C22H24N4O3/c1-14(20(27)25(2)3)26(4)22(16-8-6-7-9-19(16)29-5)17-12-15(13-23)10-11-18(17)24-21(22)28/h6-12,14H,1-5H3,(H,24,28)/t14-,22?/m0/s1. The number of amides is 2. The first kappa shape index (κ1) is 20.4. The highest BCUT2D eigenvalue weighted by molar-refractivity contribution is 6.09. The van der Waals surface area contributed by atoms with E-state index in [2.05, 4.69) is 11.4 Å². The lowest BCUT2D eigenvalue weighted by Gasteiger charge is -2.41. The van der Waals surface area contributed by atoms with Crippen molar-refractivity contribution in [1.82, 2.24) is 9.80 Å². The molecule has 1 aliphatic heterocycles. The molecule has 7 nitrogen and oxygen atoms in total. The van der Waals surface area contributed by atoms with Crippen molar-refractivity contribution < 1.29 is 14.3 Å². The van der Waals surface area contributed by atoms with Gasteiger partial charge in [-0.3, -0.25) is 14.5 Å². The summed E-state index contributed by atoms with van der Waals surface area (Å²) in [5, 5.41) is 12.4. The summed E-state index contributed by atoms with van der Waals surface area (Å²) < 4.78 is 5.57. The van der Waals surface area contributed by atoms with Crippen LogP contribution in [0.3, 0.4) is 0 Å². The first-order chi connectivity index (χ1) is 13.8. The predicted octanol–water partition coefficient (Wildman–Crippen LogP) is 2.17. The average Bonchev–Trinajstić information content (AvgIpc) is 3.03. The van der Waals surface area contributed by atoms with E-state index in [0.29, 0.717) is 28.1 Å². The minimum Gasteiger partial charge on any atom is -0.496 e. The summed E-state index contributed by atoms with van der Waals surface area (Å²) in [6, 6.07) is 13.8. The fourth-order valence-electron chi connectivity index (χ4n) is 3.94. The number of likely N-dealkylation sites (N-methyl/N-ethyl adjacent to an activating group) is 2. The lowest BCUT2D eigenvalue weighted by Crippen LogP contribution is -2.57. The van der Waals surface area contributed by atoms with Gasteiger partial charge in [0.05, 0.1) is 24.8 Å². The first-order valence-electron chi connectivity index (χ1n) is 9.22. The quantitative estimate of drug-likeness (QED) is 0.843. The van der Waals surface area contributed by atoms with Crippen LogP contribution in [0.1, 0.15) is 23.6 Å². The number of nitrogens with one attached hydrogen (secondary N) is 1. The molecule has 0 saturated heterocycles. The number of rotatable bonds is 5. The first-order valence-corrected chi connectivity index (χ1v) is 9.22. The number of nitrogens with zero attached hydrogens (tertiary/aromatic N) is 3. The van der Waals surface area contributed by atoms with Crippen molar-refractivity contribution >= 4 is 17.5 Å².